The Morgan fingerprint density at radius 1 is 1.26 bits per heavy atom. The largest absolute Gasteiger partial charge is 0.291 e. The number of aryl methyl sites for hydroxylation is 2. The molecule has 0 saturated carbocycles. The molecule has 8 nitrogen and oxygen atoms in total. The molecule has 0 saturated heterocycles. The van der Waals surface area contributed by atoms with Crippen molar-refractivity contribution in [2.24, 2.45) is 0 Å². The second-order valence-electron chi connectivity index (χ2n) is 5.90. The third-order valence-electron chi connectivity index (χ3n) is 4.22. The standard InChI is InChI=1S/C15H23N7O/c1-3-5-7-22-14(16-18-19-22)11-20-8-6-13-12(10-20)9-15(23)21(4-2)17-13/h9H,3-8,10-11H2,1-2H3. The lowest BCUT2D eigenvalue weighted by Crippen LogP contribution is -2.35. The summed E-state index contributed by atoms with van der Waals surface area (Å²) in [6.45, 7) is 7.89. The molecule has 124 valence electrons. The Labute approximate surface area is 135 Å². The quantitative estimate of drug-likeness (QED) is 0.776. The molecule has 1 aliphatic heterocycles. The van der Waals surface area contributed by atoms with Crippen molar-refractivity contribution in [1.29, 1.82) is 0 Å². The van der Waals surface area contributed by atoms with Gasteiger partial charge in [-0.2, -0.15) is 5.10 Å². The van der Waals surface area contributed by atoms with E-state index in [0.717, 1.165) is 56.0 Å². The molecule has 0 atom stereocenters. The maximum atomic E-state index is 12.0. The lowest BCUT2D eigenvalue weighted by molar-refractivity contribution is 0.230. The van der Waals surface area contributed by atoms with E-state index in [1.165, 1.54) is 4.68 Å². The molecule has 0 spiro atoms. The van der Waals surface area contributed by atoms with Gasteiger partial charge in [0.1, 0.15) is 0 Å². The number of unbranched alkanes of at least 4 members (excludes halogenated alkanes) is 1. The number of rotatable bonds is 6. The van der Waals surface area contributed by atoms with Crippen LogP contribution in [0.25, 0.3) is 0 Å². The summed E-state index contributed by atoms with van der Waals surface area (Å²) in [6.07, 6.45) is 3.04. The fourth-order valence-corrected chi connectivity index (χ4v) is 2.88. The highest BCUT2D eigenvalue weighted by molar-refractivity contribution is 5.20. The molecule has 0 fully saturated rings. The molecule has 0 aliphatic carbocycles. The summed E-state index contributed by atoms with van der Waals surface area (Å²) < 4.78 is 3.41. The summed E-state index contributed by atoms with van der Waals surface area (Å²) in [5, 5.41) is 16.5. The topological polar surface area (TPSA) is 81.7 Å². The van der Waals surface area contributed by atoms with Crippen LogP contribution in [0.1, 0.15) is 43.8 Å². The number of tetrazole rings is 1. The highest BCUT2D eigenvalue weighted by Crippen LogP contribution is 2.16. The molecular weight excluding hydrogens is 294 g/mol. The second-order valence-corrected chi connectivity index (χ2v) is 5.90. The van der Waals surface area contributed by atoms with Crippen LogP contribution in [0.5, 0.6) is 0 Å². The lowest BCUT2D eigenvalue weighted by Gasteiger charge is -2.27. The number of fused-ring (bicyclic) bond motifs is 1. The molecule has 2 aromatic heterocycles. The zero-order valence-corrected chi connectivity index (χ0v) is 13.8. The predicted octanol–water partition coefficient (Wildman–Crippen LogP) is 0.608. The van der Waals surface area contributed by atoms with Crippen molar-refractivity contribution in [3.05, 3.63) is 33.5 Å². The molecule has 0 unspecified atom stereocenters. The van der Waals surface area contributed by atoms with Crippen molar-refractivity contribution >= 4 is 0 Å². The van der Waals surface area contributed by atoms with Crippen LogP contribution in [0.2, 0.25) is 0 Å². The van der Waals surface area contributed by atoms with Crippen molar-refractivity contribution in [2.75, 3.05) is 6.54 Å². The zero-order valence-electron chi connectivity index (χ0n) is 13.8. The summed E-state index contributed by atoms with van der Waals surface area (Å²) in [4.78, 5) is 14.2. The number of nitrogens with zero attached hydrogens (tertiary/aromatic N) is 7. The Hall–Kier alpha value is -2.09. The van der Waals surface area contributed by atoms with Crippen LogP contribution in [0.15, 0.2) is 10.9 Å². The van der Waals surface area contributed by atoms with Gasteiger partial charge in [0.05, 0.1) is 12.2 Å². The van der Waals surface area contributed by atoms with Crippen molar-refractivity contribution in [2.45, 2.75) is 59.3 Å². The SMILES string of the molecule is CCCCn1nnnc1CN1CCc2nn(CC)c(=O)cc2C1. The molecule has 0 amide bonds. The first kappa shape index (κ1) is 15.8. The predicted molar refractivity (Wildman–Crippen MR) is 84.7 cm³/mol. The normalized spacial score (nSPS) is 14.9. The van der Waals surface area contributed by atoms with Crippen LogP contribution in [0.4, 0.5) is 0 Å². The number of hydrogen-bond donors (Lipinski definition) is 0. The molecular formula is C15H23N7O. The third kappa shape index (κ3) is 3.47. The fourth-order valence-electron chi connectivity index (χ4n) is 2.88. The van der Waals surface area contributed by atoms with Gasteiger partial charge in [-0.05, 0) is 29.3 Å². The van der Waals surface area contributed by atoms with Gasteiger partial charge in [-0.1, -0.05) is 13.3 Å². The summed E-state index contributed by atoms with van der Waals surface area (Å²) in [7, 11) is 0. The van der Waals surface area contributed by atoms with E-state index in [1.807, 2.05) is 11.6 Å². The van der Waals surface area contributed by atoms with E-state index in [1.54, 1.807) is 6.07 Å². The van der Waals surface area contributed by atoms with Gasteiger partial charge in [-0.25, -0.2) is 9.36 Å². The molecule has 1 aliphatic rings. The summed E-state index contributed by atoms with van der Waals surface area (Å²) >= 11 is 0. The van der Waals surface area contributed by atoms with E-state index in [9.17, 15) is 4.79 Å². The Kier molecular flexibility index (Phi) is 4.80. The molecule has 0 N–H and O–H groups in total. The first-order chi connectivity index (χ1) is 11.2. The molecule has 2 aromatic rings. The van der Waals surface area contributed by atoms with Crippen LogP contribution < -0.4 is 5.56 Å². The fraction of sp³-hybridized carbons (Fsp3) is 0.667. The number of aromatic nitrogens is 6. The Morgan fingerprint density at radius 2 is 2.13 bits per heavy atom. The van der Waals surface area contributed by atoms with Crippen molar-refractivity contribution in [3.63, 3.8) is 0 Å². The average molecular weight is 317 g/mol. The van der Waals surface area contributed by atoms with Crippen molar-refractivity contribution in [3.8, 4) is 0 Å². The highest BCUT2D eigenvalue weighted by atomic mass is 16.1. The minimum atomic E-state index is -0.0270. The van der Waals surface area contributed by atoms with E-state index in [-0.39, 0.29) is 5.56 Å². The first-order valence-corrected chi connectivity index (χ1v) is 8.28. The molecule has 8 heteroatoms. The minimum Gasteiger partial charge on any atom is -0.291 e. The van der Waals surface area contributed by atoms with Gasteiger partial charge in [0.2, 0.25) is 0 Å². The Balaban J connectivity index is 1.71. The van der Waals surface area contributed by atoms with Crippen LogP contribution in [0.3, 0.4) is 0 Å². The van der Waals surface area contributed by atoms with E-state index < -0.39 is 0 Å². The van der Waals surface area contributed by atoms with Crippen molar-refractivity contribution < 1.29 is 0 Å². The highest BCUT2D eigenvalue weighted by Gasteiger charge is 2.21. The lowest BCUT2D eigenvalue weighted by atomic mass is 10.1. The minimum absolute atomic E-state index is 0.0270. The molecule has 0 aromatic carbocycles. The maximum Gasteiger partial charge on any atom is 0.267 e. The van der Waals surface area contributed by atoms with Gasteiger partial charge in [0.25, 0.3) is 5.56 Å². The van der Waals surface area contributed by atoms with E-state index >= 15 is 0 Å². The van der Waals surface area contributed by atoms with Gasteiger partial charge in [0, 0.05) is 38.7 Å². The van der Waals surface area contributed by atoms with E-state index in [2.05, 4.69) is 32.4 Å². The summed E-state index contributed by atoms with van der Waals surface area (Å²) in [6, 6.07) is 1.72. The second kappa shape index (κ2) is 6.99. The summed E-state index contributed by atoms with van der Waals surface area (Å²) in [5.74, 6) is 0.886. The summed E-state index contributed by atoms with van der Waals surface area (Å²) in [5.41, 5.74) is 2.03. The zero-order chi connectivity index (χ0) is 16.2. The Bertz CT molecular complexity index is 721. The van der Waals surface area contributed by atoms with Crippen LogP contribution >= 0.6 is 0 Å². The third-order valence-corrected chi connectivity index (χ3v) is 4.22. The van der Waals surface area contributed by atoms with E-state index in [0.29, 0.717) is 13.1 Å². The smallest absolute Gasteiger partial charge is 0.267 e. The maximum absolute atomic E-state index is 12.0. The van der Waals surface area contributed by atoms with Gasteiger partial charge in [-0.15, -0.1) is 5.10 Å². The van der Waals surface area contributed by atoms with Gasteiger partial charge in [0.15, 0.2) is 5.82 Å². The van der Waals surface area contributed by atoms with Crippen LogP contribution in [0, 0.1) is 0 Å². The van der Waals surface area contributed by atoms with Crippen molar-refractivity contribution in [1.82, 2.24) is 34.9 Å². The molecule has 0 radical (unpaired) electrons. The first-order valence-electron chi connectivity index (χ1n) is 8.28. The van der Waals surface area contributed by atoms with Crippen LogP contribution in [-0.2, 0) is 32.6 Å². The van der Waals surface area contributed by atoms with Gasteiger partial charge in [-0.3, -0.25) is 9.69 Å². The molecule has 23 heavy (non-hydrogen) atoms. The van der Waals surface area contributed by atoms with E-state index in [4.69, 9.17) is 0 Å². The van der Waals surface area contributed by atoms with Gasteiger partial charge < -0.3 is 0 Å². The molecule has 0 bridgehead atoms. The average Bonchev–Trinajstić information content (AvgIpc) is 2.99. The molecule has 3 heterocycles. The number of hydrogen-bond acceptors (Lipinski definition) is 6. The Morgan fingerprint density at radius 3 is 2.91 bits per heavy atom. The van der Waals surface area contributed by atoms with Gasteiger partial charge >= 0.3 is 0 Å². The molecule has 3 rings (SSSR count). The monoisotopic (exact) mass is 317 g/mol. The van der Waals surface area contributed by atoms with Crippen LogP contribution in [-0.4, -0.2) is 41.4 Å².